The summed E-state index contributed by atoms with van der Waals surface area (Å²) in [6.07, 6.45) is 2.53. The topological polar surface area (TPSA) is 77.1 Å². The quantitative estimate of drug-likeness (QED) is 0.422. The summed E-state index contributed by atoms with van der Waals surface area (Å²) < 4.78 is 15.5. The predicted octanol–water partition coefficient (Wildman–Crippen LogP) is 2.10. The maximum absolute atomic E-state index is 12.4. The molecular formula is C18H22N2O5S. The molecule has 1 aliphatic heterocycles. The second-order valence-corrected chi connectivity index (χ2v) is 5.84. The molecule has 0 radical (unpaired) electrons. The molecule has 0 bridgehead atoms. The number of ether oxygens (including phenoxy) is 3. The van der Waals surface area contributed by atoms with Crippen LogP contribution >= 0.6 is 12.2 Å². The van der Waals surface area contributed by atoms with Crippen LogP contribution in [0.15, 0.2) is 23.9 Å². The highest BCUT2D eigenvalue weighted by Crippen LogP contribution is 2.29. The van der Waals surface area contributed by atoms with Gasteiger partial charge >= 0.3 is 5.97 Å². The van der Waals surface area contributed by atoms with E-state index in [1.807, 2.05) is 13.8 Å². The van der Waals surface area contributed by atoms with E-state index < -0.39 is 5.97 Å². The number of nitrogens with one attached hydrogen (secondary N) is 1. The third-order valence-electron chi connectivity index (χ3n) is 3.56. The molecule has 8 heteroatoms. The Hall–Kier alpha value is -2.61. The maximum Gasteiger partial charge on any atom is 0.343 e. The van der Waals surface area contributed by atoms with Crippen LogP contribution in [0, 0.1) is 0 Å². The number of benzene rings is 1. The van der Waals surface area contributed by atoms with Crippen LogP contribution in [0.1, 0.15) is 25.8 Å². The maximum atomic E-state index is 12.4. The minimum absolute atomic E-state index is 0.152. The lowest BCUT2D eigenvalue weighted by Gasteiger charge is -2.12. The average molecular weight is 378 g/mol. The molecule has 1 heterocycles. The summed E-state index contributed by atoms with van der Waals surface area (Å²) in [6, 6.07) is 5.19. The van der Waals surface area contributed by atoms with Crippen molar-refractivity contribution in [2.45, 2.75) is 20.3 Å². The van der Waals surface area contributed by atoms with Crippen molar-refractivity contribution < 1.29 is 23.8 Å². The van der Waals surface area contributed by atoms with Gasteiger partial charge in [0.25, 0.3) is 5.91 Å². The zero-order valence-electron chi connectivity index (χ0n) is 15.0. The minimum atomic E-state index is -0.482. The van der Waals surface area contributed by atoms with E-state index >= 15 is 0 Å². The molecule has 140 valence electrons. The zero-order valence-corrected chi connectivity index (χ0v) is 15.9. The number of esters is 1. The predicted molar refractivity (Wildman–Crippen MR) is 101 cm³/mol. The molecule has 0 unspecified atom stereocenters. The van der Waals surface area contributed by atoms with Crippen molar-refractivity contribution in [2.75, 3.05) is 26.9 Å². The van der Waals surface area contributed by atoms with E-state index in [9.17, 15) is 9.59 Å². The third kappa shape index (κ3) is 4.72. The standard InChI is InChI=1S/C18H22N2O5S/c1-4-8-20-17(22)13(19-18(20)26)9-12-6-7-14(15(10-12)24-5-2)25-11-16(21)23-3/h6-7,9-10H,4-5,8,11H2,1-3H3,(H,19,26)/b13-9-. The van der Waals surface area contributed by atoms with Crippen LogP contribution in [0.25, 0.3) is 6.08 Å². The molecule has 0 spiro atoms. The van der Waals surface area contributed by atoms with E-state index in [4.69, 9.17) is 21.7 Å². The number of methoxy groups -OCH3 is 1. The summed E-state index contributed by atoms with van der Waals surface area (Å²) in [5.74, 6) is 0.266. The molecule has 0 aromatic heterocycles. The largest absolute Gasteiger partial charge is 0.490 e. The summed E-state index contributed by atoms with van der Waals surface area (Å²) in [4.78, 5) is 25.2. The fourth-order valence-electron chi connectivity index (χ4n) is 2.36. The molecule has 2 rings (SSSR count). The molecule has 26 heavy (non-hydrogen) atoms. The highest BCUT2D eigenvalue weighted by atomic mass is 32.1. The lowest BCUT2D eigenvalue weighted by molar-refractivity contribution is -0.142. The summed E-state index contributed by atoms with van der Waals surface area (Å²) >= 11 is 5.20. The Morgan fingerprint density at radius 1 is 1.27 bits per heavy atom. The van der Waals surface area contributed by atoms with Crippen LogP contribution in [-0.2, 0) is 14.3 Å². The van der Waals surface area contributed by atoms with E-state index in [-0.39, 0.29) is 12.5 Å². The van der Waals surface area contributed by atoms with Crippen LogP contribution in [-0.4, -0.2) is 48.8 Å². The van der Waals surface area contributed by atoms with Crippen molar-refractivity contribution in [3.63, 3.8) is 0 Å². The van der Waals surface area contributed by atoms with Gasteiger partial charge in [-0.1, -0.05) is 13.0 Å². The molecule has 1 aromatic rings. The van der Waals surface area contributed by atoms with Gasteiger partial charge in [-0.15, -0.1) is 0 Å². The summed E-state index contributed by atoms with van der Waals surface area (Å²) in [5, 5.41) is 3.34. The van der Waals surface area contributed by atoms with Gasteiger partial charge in [-0.3, -0.25) is 9.69 Å². The van der Waals surface area contributed by atoms with E-state index in [2.05, 4.69) is 10.1 Å². The molecule has 0 saturated carbocycles. The third-order valence-corrected chi connectivity index (χ3v) is 3.88. The molecule has 1 N–H and O–H groups in total. The van der Waals surface area contributed by atoms with E-state index in [0.717, 1.165) is 12.0 Å². The van der Waals surface area contributed by atoms with Crippen LogP contribution in [0.5, 0.6) is 11.5 Å². The molecule has 7 nitrogen and oxygen atoms in total. The molecule has 0 atom stereocenters. The molecular weight excluding hydrogens is 356 g/mol. The summed E-state index contributed by atoms with van der Waals surface area (Å²) in [7, 11) is 1.29. The van der Waals surface area contributed by atoms with E-state index in [1.165, 1.54) is 7.11 Å². The summed E-state index contributed by atoms with van der Waals surface area (Å²) in [5.41, 5.74) is 1.16. The van der Waals surface area contributed by atoms with Crippen molar-refractivity contribution in [3.8, 4) is 11.5 Å². The lowest BCUT2D eigenvalue weighted by atomic mass is 10.1. The first kappa shape index (κ1) is 19.7. The van der Waals surface area contributed by atoms with Crippen molar-refractivity contribution in [3.05, 3.63) is 29.5 Å². The van der Waals surface area contributed by atoms with Gasteiger partial charge in [0.15, 0.2) is 23.2 Å². The van der Waals surface area contributed by atoms with Crippen molar-refractivity contribution in [1.29, 1.82) is 0 Å². The first-order chi connectivity index (χ1) is 12.5. The van der Waals surface area contributed by atoms with Gasteiger partial charge in [0.05, 0.1) is 13.7 Å². The van der Waals surface area contributed by atoms with Gasteiger partial charge in [0, 0.05) is 6.54 Å². The van der Waals surface area contributed by atoms with Crippen LogP contribution in [0.2, 0.25) is 0 Å². The normalized spacial score (nSPS) is 15.2. The van der Waals surface area contributed by atoms with Crippen LogP contribution in [0.3, 0.4) is 0 Å². The second kappa shape index (κ2) is 9.19. The number of carbonyl (C=O) groups is 2. The number of hydrogen-bond donors (Lipinski definition) is 1. The highest BCUT2D eigenvalue weighted by molar-refractivity contribution is 7.80. The molecule has 1 aromatic carbocycles. The van der Waals surface area contributed by atoms with Gasteiger partial charge in [0.2, 0.25) is 0 Å². The van der Waals surface area contributed by atoms with Gasteiger partial charge in [0.1, 0.15) is 5.70 Å². The van der Waals surface area contributed by atoms with E-state index in [0.29, 0.717) is 35.5 Å². The SMILES string of the molecule is CCCN1C(=O)/C(=C/c2ccc(OCC(=O)OC)c(OCC)c2)NC1=S. The van der Waals surface area contributed by atoms with Crippen molar-refractivity contribution in [1.82, 2.24) is 10.2 Å². The van der Waals surface area contributed by atoms with Crippen molar-refractivity contribution >= 4 is 35.3 Å². The van der Waals surface area contributed by atoms with Crippen LogP contribution in [0.4, 0.5) is 0 Å². The van der Waals surface area contributed by atoms with Gasteiger partial charge in [-0.2, -0.15) is 0 Å². The first-order valence-electron chi connectivity index (χ1n) is 8.31. The van der Waals surface area contributed by atoms with Gasteiger partial charge in [-0.25, -0.2) is 4.79 Å². The van der Waals surface area contributed by atoms with Crippen molar-refractivity contribution in [2.24, 2.45) is 0 Å². The van der Waals surface area contributed by atoms with Crippen LogP contribution < -0.4 is 14.8 Å². The number of thiocarbonyl (C=S) groups is 1. The minimum Gasteiger partial charge on any atom is -0.490 e. The molecule has 1 saturated heterocycles. The Morgan fingerprint density at radius 2 is 2.04 bits per heavy atom. The smallest absolute Gasteiger partial charge is 0.343 e. The first-order valence-corrected chi connectivity index (χ1v) is 8.72. The lowest BCUT2D eigenvalue weighted by Crippen LogP contribution is -2.31. The Kier molecular flexibility index (Phi) is 6.97. The zero-order chi connectivity index (χ0) is 19.1. The summed E-state index contributed by atoms with van der Waals surface area (Å²) in [6.45, 7) is 4.63. The highest BCUT2D eigenvalue weighted by Gasteiger charge is 2.29. The molecule has 1 aliphatic rings. The Bertz CT molecular complexity index is 732. The average Bonchev–Trinajstić information content (AvgIpc) is 2.89. The molecule has 1 amide bonds. The number of rotatable bonds is 8. The fourth-order valence-corrected chi connectivity index (χ4v) is 2.65. The fraction of sp³-hybridized carbons (Fsp3) is 0.389. The Morgan fingerprint density at radius 3 is 2.69 bits per heavy atom. The number of carbonyl (C=O) groups excluding carboxylic acids is 2. The number of amides is 1. The second-order valence-electron chi connectivity index (χ2n) is 5.45. The Labute approximate surface area is 157 Å². The molecule has 1 fully saturated rings. The monoisotopic (exact) mass is 378 g/mol. The number of nitrogens with zero attached hydrogens (tertiary/aromatic N) is 1. The van der Waals surface area contributed by atoms with E-state index in [1.54, 1.807) is 29.2 Å². The molecule has 0 aliphatic carbocycles. The van der Waals surface area contributed by atoms with Gasteiger partial charge in [-0.05, 0) is 49.3 Å². The number of hydrogen-bond acceptors (Lipinski definition) is 6. The Balaban J connectivity index is 2.22. The van der Waals surface area contributed by atoms with Gasteiger partial charge < -0.3 is 19.5 Å².